The Hall–Kier alpha value is -1.61. The number of aryl methyl sites for hydroxylation is 1. The number of rotatable bonds is 3. The first-order valence-electron chi connectivity index (χ1n) is 8.68. The Morgan fingerprint density at radius 3 is 2.54 bits per heavy atom. The van der Waals surface area contributed by atoms with Gasteiger partial charge in [-0.2, -0.15) is 13.2 Å². The Bertz CT molecular complexity index is 793. The summed E-state index contributed by atoms with van der Waals surface area (Å²) in [6, 6.07) is 3.11. The molecular weight excluding hydrogens is 369 g/mol. The molecule has 0 saturated heterocycles. The van der Waals surface area contributed by atoms with Gasteiger partial charge in [-0.3, -0.25) is 4.79 Å². The molecule has 0 bridgehead atoms. The monoisotopic (exact) mass is 390 g/mol. The number of anilines is 1. The Balaban J connectivity index is 1.84. The highest BCUT2D eigenvalue weighted by atomic mass is 32.2. The van der Waals surface area contributed by atoms with Crippen molar-refractivity contribution in [2.24, 2.45) is 5.92 Å². The number of hydrogen-bond acceptors (Lipinski definition) is 3. The van der Waals surface area contributed by atoms with E-state index in [0.29, 0.717) is 43.4 Å². The van der Waals surface area contributed by atoms with Crippen LogP contribution in [0.3, 0.4) is 0 Å². The first-order chi connectivity index (χ1) is 12.2. The maximum absolute atomic E-state index is 13.2. The number of carbonyl (C=O) groups is 1. The lowest BCUT2D eigenvalue weighted by atomic mass is 9.85. The predicted octanol–water partition coefficient (Wildman–Crippen LogP) is 3.36. The highest BCUT2D eigenvalue weighted by Gasteiger charge is 2.46. The van der Waals surface area contributed by atoms with Crippen molar-refractivity contribution in [1.82, 2.24) is 4.72 Å². The zero-order valence-corrected chi connectivity index (χ0v) is 14.9. The average Bonchev–Trinajstić information content (AvgIpc) is 2.73. The number of fused-ring (bicyclic) bond motifs is 1. The molecule has 5 nitrogen and oxygen atoms in total. The van der Waals surface area contributed by atoms with Crippen molar-refractivity contribution < 1.29 is 26.4 Å². The van der Waals surface area contributed by atoms with Gasteiger partial charge in [0.2, 0.25) is 15.9 Å². The van der Waals surface area contributed by atoms with Gasteiger partial charge in [0.1, 0.15) is 0 Å². The van der Waals surface area contributed by atoms with Crippen LogP contribution in [0.5, 0.6) is 0 Å². The highest BCUT2D eigenvalue weighted by molar-refractivity contribution is 7.89. The van der Waals surface area contributed by atoms with Gasteiger partial charge in [-0.15, -0.1) is 0 Å². The van der Waals surface area contributed by atoms with Gasteiger partial charge in [0.15, 0.2) is 0 Å². The molecule has 1 amide bonds. The fourth-order valence-electron chi connectivity index (χ4n) is 3.65. The van der Waals surface area contributed by atoms with E-state index in [1.54, 1.807) is 0 Å². The second-order valence-corrected chi connectivity index (χ2v) is 8.60. The molecule has 1 aromatic carbocycles. The minimum Gasteiger partial charge on any atom is -0.326 e. The zero-order chi connectivity index (χ0) is 18.9. The Labute approximate surface area is 150 Å². The van der Waals surface area contributed by atoms with Crippen molar-refractivity contribution in [3.05, 3.63) is 23.8 Å². The minimum atomic E-state index is -4.42. The molecule has 2 aliphatic rings. The summed E-state index contributed by atoms with van der Waals surface area (Å²) in [4.78, 5) is 11.5. The van der Waals surface area contributed by atoms with Crippen LogP contribution in [0.2, 0.25) is 0 Å². The van der Waals surface area contributed by atoms with E-state index >= 15 is 0 Å². The van der Waals surface area contributed by atoms with Crippen LogP contribution in [0.15, 0.2) is 23.1 Å². The minimum absolute atomic E-state index is 0.0626. The van der Waals surface area contributed by atoms with E-state index in [4.69, 9.17) is 0 Å². The average molecular weight is 390 g/mol. The van der Waals surface area contributed by atoms with Gasteiger partial charge in [0.25, 0.3) is 0 Å². The van der Waals surface area contributed by atoms with E-state index < -0.39 is 28.2 Å². The van der Waals surface area contributed by atoms with Gasteiger partial charge in [0.05, 0.1) is 10.8 Å². The number of nitrogens with one attached hydrogen (secondary N) is 2. The second kappa shape index (κ2) is 7.19. The molecular formula is C17H21F3N2O3S. The van der Waals surface area contributed by atoms with E-state index in [9.17, 15) is 26.4 Å². The number of hydrogen-bond donors (Lipinski definition) is 2. The maximum atomic E-state index is 13.2. The van der Waals surface area contributed by atoms with Gasteiger partial charge in [-0.25, -0.2) is 13.1 Å². The van der Waals surface area contributed by atoms with Crippen molar-refractivity contribution in [2.45, 2.75) is 62.1 Å². The molecule has 0 aromatic heterocycles. The number of alkyl halides is 3. The molecule has 1 heterocycles. The molecule has 1 aromatic rings. The number of benzene rings is 1. The van der Waals surface area contributed by atoms with Crippen LogP contribution in [0, 0.1) is 5.92 Å². The first kappa shape index (κ1) is 19.2. The third-order valence-electron chi connectivity index (χ3n) is 5.00. The third-order valence-corrected chi connectivity index (χ3v) is 6.49. The summed E-state index contributed by atoms with van der Waals surface area (Å²) in [6.07, 6.45) is -1.83. The van der Waals surface area contributed by atoms with Gasteiger partial charge in [-0.1, -0.05) is 12.8 Å². The molecule has 0 spiro atoms. The van der Waals surface area contributed by atoms with Gasteiger partial charge >= 0.3 is 6.18 Å². The summed E-state index contributed by atoms with van der Waals surface area (Å²) < 4.78 is 67.2. The zero-order valence-electron chi connectivity index (χ0n) is 14.1. The smallest absolute Gasteiger partial charge is 0.326 e. The third kappa shape index (κ3) is 4.20. The molecule has 0 unspecified atom stereocenters. The summed E-state index contributed by atoms with van der Waals surface area (Å²) in [5.74, 6) is -1.79. The summed E-state index contributed by atoms with van der Waals surface area (Å²) in [5, 5.41) is 2.71. The number of sulfonamides is 1. The van der Waals surface area contributed by atoms with E-state index in [2.05, 4.69) is 10.0 Å². The van der Waals surface area contributed by atoms with E-state index in [1.165, 1.54) is 18.2 Å². The van der Waals surface area contributed by atoms with Crippen molar-refractivity contribution >= 4 is 21.6 Å². The van der Waals surface area contributed by atoms with Gasteiger partial charge in [0, 0.05) is 18.2 Å². The molecule has 2 N–H and O–H groups in total. The first-order valence-corrected chi connectivity index (χ1v) is 10.2. The quantitative estimate of drug-likeness (QED) is 0.831. The van der Waals surface area contributed by atoms with E-state index in [0.717, 1.165) is 0 Å². The van der Waals surface area contributed by atoms with E-state index in [1.807, 2.05) is 0 Å². The summed E-state index contributed by atoms with van der Waals surface area (Å²) >= 11 is 0. The Morgan fingerprint density at radius 2 is 1.81 bits per heavy atom. The SMILES string of the molecule is O=C1CCCc2cc(S(=O)(=O)N[C@@H]3CCCC[C@H]3C(F)(F)F)ccc2N1. The van der Waals surface area contributed by atoms with Crippen LogP contribution < -0.4 is 10.0 Å². The summed E-state index contributed by atoms with van der Waals surface area (Å²) in [7, 11) is -4.07. The van der Waals surface area contributed by atoms with Crippen molar-refractivity contribution in [2.75, 3.05) is 5.32 Å². The summed E-state index contributed by atoms with van der Waals surface area (Å²) in [6.45, 7) is 0. The van der Waals surface area contributed by atoms with Crippen LogP contribution in [-0.4, -0.2) is 26.5 Å². The number of carbonyl (C=O) groups excluding carboxylic acids is 1. The number of halogens is 3. The molecule has 1 fully saturated rings. The lowest BCUT2D eigenvalue weighted by molar-refractivity contribution is -0.187. The lowest BCUT2D eigenvalue weighted by Crippen LogP contribution is -2.47. The lowest BCUT2D eigenvalue weighted by Gasteiger charge is -2.33. The highest BCUT2D eigenvalue weighted by Crippen LogP contribution is 2.38. The molecule has 26 heavy (non-hydrogen) atoms. The predicted molar refractivity (Wildman–Crippen MR) is 90.1 cm³/mol. The van der Waals surface area contributed by atoms with Crippen LogP contribution in [0.25, 0.3) is 0 Å². The Morgan fingerprint density at radius 1 is 1.08 bits per heavy atom. The second-order valence-electron chi connectivity index (χ2n) is 6.88. The molecule has 1 saturated carbocycles. The molecule has 9 heteroatoms. The molecule has 2 atom stereocenters. The number of amides is 1. The van der Waals surface area contributed by atoms with Crippen LogP contribution in [0.1, 0.15) is 44.1 Å². The maximum Gasteiger partial charge on any atom is 0.393 e. The van der Waals surface area contributed by atoms with Crippen LogP contribution in [0.4, 0.5) is 18.9 Å². The standard InChI is InChI=1S/C17H21F3N2O3S/c18-17(19,20)13-5-1-2-6-15(13)22-26(24,25)12-8-9-14-11(10-12)4-3-7-16(23)21-14/h8-10,13,15,22H,1-7H2,(H,21,23)/t13-,15-/m1/s1. The van der Waals surface area contributed by atoms with E-state index in [-0.39, 0.29) is 23.6 Å². The fourth-order valence-corrected chi connectivity index (χ4v) is 5.01. The molecule has 1 aliphatic heterocycles. The molecule has 0 radical (unpaired) electrons. The Kier molecular flexibility index (Phi) is 5.30. The topological polar surface area (TPSA) is 75.3 Å². The van der Waals surface area contributed by atoms with Crippen molar-refractivity contribution in [1.29, 1.82) is 0 Å². The molecule has 1 aliphatic carbocycles. The van der Waals surface area contributed by atoms with Crippen LogP contribution >= 0.6 is 0 Å². The van der Waals surface area contributed by atoms with Gasteiger partial charge in [-0.05, 0) is 49.4 Å². The van der Waals surface area contributed by atoms with Crippen molar-refractivity contribution in [3.63, 3.8) is 0 Å². The van der Waals surface area contributed by atoms with Crippen molar-refractivity contribution in [3.8, 4) is 0 Å². The normalized spacial score (nSPS) is 24.5. The largest absolute Gasteiger partial charge is 0.393 e. The van der Waals surface area contributed by atoms with Gasteiger partial charge < -0.3 is 5.32 Å². The summed E-state index contributed by atoms with van der Waals surface area (Å²) in [5.41, 5.74) is 1.23. The molecule has 3 rings (SSSR count). The fraction of sp³-hybridized carbons (Fsp3) is 0.588. The van der Waals surface area contributed by atoms with Crippen LogP contribution in [-0.2, 0) is 21.2 Å². The molecule has 144 valence electrons.